The Morgan fingerprint density at radius 1 is 1.13 bits per heavy atom. The molecule has 9 heteroatoms. The summed E-state index contributed by atoms with van der Waals surface area (Å²) in [6.45, 7) is 4.13. The zero-order valence-electron chi connectivity index (χ0n) is 17.9. The molecule has 0 aliphatic heterocycles. The van der Waals surface area contributed by atoms with Gasteiger partial charge in [-0.25, -0.2) is 13.1 Å². The number of carbonyl (C=O) groups excluding carboxylic acids is 1. The average Bonchev–Trinajstić information content (AvgIpc) is 3.03. The van der Waals surface area contributed by atoms with Crippen LogP contribution in [-0.4, -0.2) is 49.2 Å². The van der Waals surface area contributed by atoms with Crippen molar-refractivity contribution in [3.8, 4) is 11.8 Å². The van der Waals surface area contributed by atoms with Crippen molar-refractivity contribution in [3.63, 3.8) is 0 Å². The maximum absolute atomic E-state index is 13.0. The minimum Gasteiger partial charge on any atom is -0.480 e. The molecule has 0 saturated heterocycles. The van der Waals surface area contributed by atoms with Gasteiger partial charge in [-0.3, -0.25) is 9.78 Å². The summed E-state index contributed by atoms with van der Waals surface area (Å²) in [6, 6.07) is -0.125. The van der Waals surface area contributed by atoms with Crippen molar-refractivity contribution in [1.29, 1.82) is 0 Å². The molecule has 2 unspecified atom stereocenters. The highest BCUT2D eigenvalue weighted by Crippen LogP contribution is 2.64. The zero-order valence-corrected chi connectivity index (χ0v) is 18.7. The number of sulfonamides is 1. The van der Waals surface area contributed by atoms with E-state index >= 15 is 0 Å². The van der Waals surface area contributed by atoms with Crippen molar-refractivity contribution < 1.29 is 22.7 Å². The van der Waals surface area contributed by atoms with Gasteiger partial charge >= 0.3 is 0 Å². The second kappa shape index (κ2) is 7.75. The molecular formula is C21H31N3O5S. The lowest BCUT2D eigenvalue weighted by Gasteiger charge is -2.37. The van der Waals surface area contributed by atoms with Crippen LogP contribution < -0.4 is 14.2 Å². The molecule has 0 radical (unpaired) electrons. The van der Waals surface area contributed by atoms with Gasteiger partial charge in [0.15, 0.2) is 0 Å². The van der Waals surface area contributed by atoms with Gasteiger partial charge in [0.2, 0.25) is 21.8 Å². The van der Waals surface area contributed by atoms with Crippen molar-refractivity contribution in [2.45, 2.75) is 70.9 Å². The highest BCUT2D eigenvalue weighted by atomic mass is 32.2. The quantitative estimate of drug-likeness (QED) is 0.698. The SMILES string of the molecule is COc1cncc(OC2CCC(NS(=O)(=O)CC34CCC(CC3=O)C4(C)C)CC2)n1. The number of hydrogen-bond donors (Lipinski definition) is 1. The second-order valence-electron chi connectivity index (χ2n) is 9.53. The van der Waals surface area contributed by atoms with Crippen LogP contribution in [0, 0.1) is 16.7 Å². The maximum Gasteiger partial charge on any atom is 0.235 e. The fourth-order valence-corrected chi connectivity index (χ4v) is 7.84. The van der Waals surface area contributed by atoms with Crippen molar-refractivity contribution in [2.75, 3.05) is 12.9 Å². The Morgan fingerprint density at radius 2 is 1.83 bits per heavy atom. The molecule has 1 N–H and O–H groups in total. The standard InChI is InChI=1S/C21H31N3O5S/c1-20(2)14-8-9-21(20,17(25)10-14)13-30(26,27)24-15-4-6-16(7-5-15)29-19-12-22-11-18(23-19)28-3/h11-12,14-16,24H,4-10,13H2,1-3H3. The number of hydrogen-bond acceptors (Lipinski definition) is 7. The number of carbonyl (C=O) groups is 1. The molecule has 3 aliphatic carbocycles. The van der Waals surface area contributed by atoms with Crippen LogP contribution in [0.15, 0.2) is 12.4 Å². The van der Waals surface area contributed by atoms with Crippen LogP contribution >= 0.6 is 0 Å². The van der Waals surface area contributed by atoms with E-state index in [9.17, 15) is 13.2 Å². The number of ether oxygens (including phenoxy) is 2. The van der Waals surface area contributed by atoms with Crippen LogP contribution in [0.2, 0.25) is 0 Å². The first-order valence-electron chi connectivity index (χ1n) is 10.7. The van der Waals surface area contributed by atoms with Gasteiger partial charge < -0.3 is 9.47 Å². The lowest BCUT2D eigenvalue weighted by Crippen LogP contribution is -2.48. The maximum atomic E-state index is 13.0. The van der Waals surface area contributed by atoms with Crippen molar-refractivity contribution in [1.82, 2.24) is 14.7 Å². The predicted octanol–water partition coefficient (Wildman–Crippen LogP) is 2.49. The molecular weight excluding hydrogens is 406 g/mol. The third kappa shape index (κ3) is 3.82. The van der Waals surface area contributed by atoms with Crippen LogP contribution in [-0.2, 0) is 14.8 Å². The van der Waals surface area contributed by atoms with Crippen LogP contribution in [0.1, 0.15) is 58.8 Å². The first-order chi connectivity index (χ1) is 14.1. The summed E-state index contributed by atoms with van der Waals surface area (Å²) in [6.07, 6.45) is 8.02. The molecule has 4 rings (SSSR count). The molecule has 1 heterocycles. The number of ketones is 1. The highest BCUT2D eigenvalue weighted by molar-refractivity contribution is 7.89. The smallest absolute Gasteiger partial charge is 0.235 e. The molecule has 166 valence electrons. The Bertz CT molecular complexity index is 911. The number of fused-ring (bicyclic) bond motifs is 2. The summed E-state index contributed by atoms with van der Waals surface area (Å²) < 4.78 is 39.8. The third-order valence-corrected chi connectivity index (χ3v) is 9.25. The number of Topliss-reactive ketones (excluding diaryl/α,β-unsaturated/α-hetero) is 1. The summed E-state index contributed by atoms with van der Waals surface area (Å²) in [7, 11) is -2.02. The van der Waals surface area contributed by atoms with E-state index in [1.807, 2.05) is 0 Å². The number of nitrogens with zero attached hydrogens (tertiary/aromatic N) is 2. The van der Waals surface area contributed by atoms with E-state index in [4.69, 9.17) is 9.47 Å². The predicted molar refractivity (Wildman–Crippen MR) is 111 cm³/mol. The van der Waals surface area contributed by atoms with Gasteiger partial charge in [-0.1, -0.05) is 13.8 Å². The van der Waals surface area contributed by atoms with Gasteiger partial charge in [-0.15, -0.1) is 0 Å². The minimum absolute atomic E-state index is 0.0308. The average molecular weight is 438 g/mol. The van der Waals surface area contributed by atoms with Crippen molar-refractivity contribution in [2.24, 2.45) is 16.7 Å². The minimum atomic E-state index is -3.55. The van der Waals surface area contributed by atoms with Crippen LogP contribution in [0.25, 0.3) is 0 Å². The Labute approximate surface area is 178 Å². The largest absolute Gasteiger partial charge is 0.480 e. The lowest BCUT2D eigenvalue weighted by molar-refractivity contribution is -0.128. The summed E-state index contributed by atoms with van der Waals surface area (Å²) in [5.74, 6) is 1.17. The van der Waals surface area contributed by atoms with Gasteiger partial charge in [0.25, 0.3) is 0 Å². The molecule has 3 aliphatic rings. The van der Waals surface area contributed by atoms with Gasteiger partial charge in [-0.05, 0) is 49.9 Å². The van der Waals surface area contributed by atoms with E-state index in [0.29, 0.717) is 43.4 Å². The van der Waals surface area contributed by atoms with Crippen LogP contribution in [0.5, 0.6) is 11.8 Å². The second-order valence-corrected chi connectivity index (χ2v) is 11.3. The number of nitrogens with one attached hydrogen (secondary N) is 1. The van der Waals surface area contributed by atoms with Gasteiger partial charge in [0.1, 0.15) is 11.9 Å². The molecule has 3 fully saturated rings. The summed E-state index contributed by atoms with van der Waals surface area (Å²) in [5, 5.41) is 0. The number of aromatic nitrogens is 2. The fraction of sp³-hybridized carbons (Fsp3) is 0.762. The molecule has 8 nitrogen and oxygen atoms in total. The van der Waals surface area contributed by atoms with Crippen LogP contribution in [0.4, 0.5) is 0 Å². The topological polar surface area (TPSA) is 107 Å². The molecule has 1 aromatic heterocycles. The molecule has 0 spiro atoms. The van der Waals surface area contributed by atoms with E-state index in [1.54, 1.807) is 6.20 Å². The van der Waals surface area contributed by atoms with Crippen molar-refractivity contribution in [3.05, 3.63) is 12.4 Å². The third-order valence-electron chi connectivity index (χ3n) is 7.68. The van der Waals surface area contributed by atoms with E-state index in [0.717, 1.165) is 19.3 Å². The normalized spacial score (nSPS) is 32.9. The number of rotatable bonds is 7. The van der Waals surface area contributed by atoms with Gasteiger partial charge in [-0.2, -0.15) is 4.98 Å². The summed E-state index contributed by atoms with van der Waals surface area (Å²) in [4.78, 5) is 20.9. The first kappa shape index (κ1) is 21.5. The van der Waals surface area contributed by atoms with Gasteiger partial charge in [0, 0.05) is 17.9 Å². The first-order valence-corrected chi connectivity index (χ1v) is 12.4. The zero-order chi connectivity index (χ0) is 21.6. The molecule has 0 amide bonds. The molecule has 0 aromatic carbocycles. The van der Waals surface area contributed by atoms with E-state index < -0.39 is 15.4 Å². The molecule has 2 atom stereocenters. The van der Waals surface area contributed by atoms with E-state index in [1.165, 1.54) is 13.3 Å². The summed E-state index contributed by atoms with van der Waals surface area (Å²) in [5.41, 5.74) is -0.975. The molecule has 30 heavy (non-hydrogen) atoms. The molecule has 1 aromatic rings. The number of methoxy groups -OCH3 is 1. The lowest BCUT2D eigenvalue weighted by atomic mass is 9.70. The van der Waals surface area contributed by atoms with E-state index in [2.05, 4.69) is 28.5 Å². The monoisotopic (exact) mass is 437 g/mol. The Kier molecular flexibility index (Phi) is 5.55. The van der Waals surface area contributed by atoms with Gasteiger partial charge in [0.05, 0.1) is 25.3 Å². The van der Waals surface area contributed by atoms with E-state index in [-0.39, 0.29) is 29.1 Å². The van der Waals surface area contributed by atoms with Crippen molar-refractivity contribution >= 4 is 15.8 Å². The highest BCUT2D eigenvalue weighted by Gasteiger charge is 2.65. The summed E-state index contributed by atoms with van der Waals surface area (Å²) >= 11 is 0. The fourth-order valence-electron chi connectivity index (χ4n) is 5.68. The Morgan fingerprint density at radius 3 is 2.43 bits per heavy atom. The molecule has 3 saturated carbocycles. The molecule has 2 bridgehead atoms. The Hall–Kier alpha value is -1.74. The Balaban J connectivity index is 1.33. The van der Waals surface area contributed by atoms with Crippen LogP contribution in [0.3, 0.4) is 0 Å².